The lowest BCUT2D eigenvalue weighted by atomic mass is 10.0. The van der Waals surface area contributed by atoms with Gasteiger partial charge in [0, 0.05) is 23.6 Å². The van der Waals surface area contributed by atoms with Crippen LogP contribution in [0.4, 0.5) is 0 Å². The molecule has 0 unspecified atom stereocenters. The maximum Gasteiger partial charge on any atom is 0.267 e. The molecule has 1 aliphatic rings. The van der Waals surface area contributed by atoms with Gasteiger partial charge >= 0.3 is 0 Å². The number of carbonyl (C=O) groups is 1. The highest BCUT2D eigenvalue weighted by molar-refractivity contribution is 7.11. The molecular formula is C21H22N4O2S. The summed E-state index contributed by atoms with van der Waals surface area (Å²) in [6, 6.07) is 12.7. The fraction of sp³-hybridized carbons (Fsp3) is 0.333. The zero-order valence-corrected chi connectivity index (χ0v) is 16.6. The van der Waals surface area contributed by atoms with Crippen molar-refractivity contribution in [2.75, 3.05) is 7.05 Å². The summed E-state index contributed by atoms with van der Waals surface area (Å²) in [5.41, 5.74) is 2.49. The molecule has 28 heavy (non-hydrogen) atoms. The maximum absolute atomic E-state index is 12.7. The predicted octanol–water partition coefficient (Wildman–Crippen LogP) is 2.90. The summed E-state index contributed by atoms with van der Waals surface area (Å²) in [4.78, 5) is 32.5. The summed E-state index contributed by atoms with van der Waals surface area (Å²) in [5.74, 6) is -0.159. The zero-order valence-electron chi connectivity index (χ0n) is 15.8. The van der Waals surface area contributed by atoms with Crippen LogP contribution in [0.1, 0.15) is 28.4 Å². The molecule has 0 N–H and O–H groups in total. The van der Waals surface area contributed by atoms with E-state index in [0.29, 0.717) is 12.2 Å². The molecule has 7 heteroatoms. The fourth-order valence-electron chi connectivity index (χ4n) is 3.34. The van der Waals surface area contributed by atoms with Gasteiger partial charge in [0.05, 0.1) is 17.9 Å². The van der Waals surface area contributed by atoms with Crippen LogP contribution in [0, 0.1) is 0 Å². The van der Waals surface area contributed by atoms with Gasteiger partial charge in [-0.1, -0.05) is 30.3 Å². The van der Waals surface area contributed by atoms with Crippen molar-refractivity contribution in [1.29, 1.82) is 0 Å². The van der Waals surface area contributed by atoms with E-state index < -0.39 is 0 Å². The Morgan fingerprint density at radius 2 is 1.93 bits per heavy atom. The highest BCUT2D eigenvalue weighted by atomic mass is 32.1. The van der Waals surface area contributed by atoms with Gasteiger partial charge in [-0.05, 0) is 31.7 Å². The molecule has 0 saturated heterocycles. The Bertz CT molecular complexity index is 1020. The summed E-state index contributed by atoms with van der Waals surface area (Å²) in [6.07, 6.45) is 4.54. The van der Waals surface area contributed by atoms with Gasteiger partial charge in [-0.2, -0.15) is 5.10 Å². The predicted molar refractivity (Wildman–Crippen MR) is 109 cm³/mol. The van der Waals surface area contributed by atoms with Gasteiger partial charge in [0.15, 0.2) is 0 Å². The van der Waals surface area contributed by atoms with Crippen molar-refractivity contribution in [3.05, 3.63) is 68.4 Å². The lowest BCUT2D eigenvalue weighted by molar-refractivity contribution is -0.131. The number of aryl methyl sites for hydroxylation is 2. The summed E-state index contributed by atoms with van der Waals surface area (Å²) < 4.78 is 1.23. The van der Waals surface area contributed by atoms with Crippen LogP contribution in [0.25, 0.3) is 11.3 Å². The van der Waals surface area contributed by atoms with E-state index in [-0.39, 0.29) is 18.0 Å². The Balaban J connectivity index is 1.47. The van der Waals surface area contributed by atoms with Gasteiger partial charge in [0.1, 0.15) is 11.6 Å². The highest BCUT2D eigenvalue weighted by Gasteiger charge is 2.18. The van der Waals surface area contributed by atoms with Crippen LogP contribution in [-0.4, -0.2) is 32.6 Å². The van der Waals surface area contributed by atoms with Crippen LogP contribution in [0.2, 0.25) is 0 Å². The smallest absolute Gasteiger partial charge is 0.267 e. The van der Waals surface area contributed by atoms with E-state index in [0.717, 1.165) is 23.4 Å². The SMILES string of the molecule is CN(Cc1nc2c(s1)CCCC2)C(=O)Cn1nc(-c2ccccc2)ccc1=O. The molecule has 0 aliphatic heterocycles. The third kappa shape index (κ3) is 4.04. The molecule has 0 bridgehead atoms. The number of thiazole rings is 1. The third-order valence-corrected chi connectivity index (χ3v) is 6.05. The van der Waals surface area contributed by atoms with Crippen LogP contribution in [0.15, 0.2) is 47.3 Å². The van der Waals surface area contributed by atoms with E-state index in [4.69, 9.17) is 4.98 Å². The molecule has 3 aromatic rings. The van der Waals surface area contributed by atoms with E-state index in [9.17, 15) is 9.59 Å². The van der Waals surface area contributed by atoms with Crippen LogP contribution in [0.5, 0.6) is 0 Å². The topological polar surface area (TPSA) is 68.1 Å². The van der Waals surface area contributed by atoms with Crippen molar-refractivity contribution in [3.63, 3.8) is 0 Å². The molecule has 144 valence electrons. The van der Waals surface area contributed by atoms with Crippen LogP contribution in [-0.2, 0) is 30.7 Å². The Labute approximate surface area is 167 Å². The van der Waals surface area contributed by atoms with Gasteiger partial charge in [-0.15, -0.1) is 11.3 Å². The molecule has 6 nitrogen and oxygen atoms in total. The van der Waals surface area contributed by atoms with Gasteiger partial charge in [0.2, 0.25) is 5.91 Å². The molecular weight excluding hydrogens is 372 g/mol. The van der Waals surface area contributed by atoms with Crippen LogP contribution >= 0.6 is 11.3 Å². The maximum atomic E-state index is 12.7. The number of rotatable bonds is 5. The minimum Gasteiger partial charge on any atom is -0.337 e. The number of fused-ring (bicyclic) bond motifs is 1. The van der Waals surface area contributed by atoms with Crippen molar-refractivity contribution in [2.24, 2.45) is 0 Å². The first-order valence-corrected chi connectivity index (χ1v) is 10.3. The monoisotopic (exact) mass is 394 g/mol. The summed E-state index contributed by atoms with van der Waals surface area (Å²) >= 11 is 1.70. The molecule has 0 spiro atoms. The Hall–Kier alpha value is -2.80. The standard InChI is InChI=1S/C21H22N4O2S/c1-24(13-19-22-17-9-5-6-10-18(17)28-19)21(27)14-25-20(26)12-11-16(23-25)15-7-3-2-4-8-15/h2-4,7-8,11-12H,5-6,9-10,13-14H2,1H3. The number of hydrogen-bond donors (Lipinski definition) is 0. The molecule has 0 saturated carbocycles. The van der Waals surface area contributed by atoms with E-state index in [1.165, 1.54) is 34.2 Å². The molecule has 4 rings (SSSR count). The molecule has 0 fully saturated rings. The first-order chi connectivity index (χ1) is 13.6. The number of carbonyl (C=O) groups excluding carboxylic acids is 1. The second-order valence-corrected chi connectivity index (χ2v) is 8.18. The van der Waals surface area contributed by atoms with Gasteiger partial charge < -0.3 is 4.90 Å². The highest BCUT2D eigenvalue weighted by Crippen LogP contribution is 2.27. The first-order valence-electron chi connectivity index (χ1n) is 9.45. The lowest BCUT2D eigenvalue weighted by Gasteiger charge is -2.16. The molecule has 1 aliphatic carbocycles. The van der Waals surface area contributed by atoms with Crippen molar-refractivity contribution in [1.82, 2.24) is 19.7 Å². The van der Waals surface area contributed by atoms with Gasteiger partial charge in [0.25, 0.3) is 5.56 Å². The largest absolute Gasteiger partial charge is 0.337 e. The van der Waals surface area contributed by atoms with Gasteiger partial charge in [-0.25, -0.2) is 9.67 Å². The molecule has 2 heterocycles. The molecule has 1 amide bonds. The normalized spacial score (nSPS) is 13.2. The first kappa shape index (κ1) is 18.6. The number of likely N-dealkylation sites (N-methyl/N-ethyl adjacent to an activating group) is 1. The van der Waals surface area contributed by atoms with Crippen LogP contribution in [0.3, 0.4) is 0 Å². The Kier molecular flexibility index (Phi) is 5.34. The number of amides is 1. The zero-order chi connectivity index (χ0) is 19.5. The third-order valence-electron chi connectivity index (χ3n) is 4.91. The Morgan fingerprint density at radius 1 is 1.14 bits per heavy atom. The van der Waals surface area contributed by atoms with Crippen LogP contribution < -0.4 is 5.56 Å². The number of aromatic nitrogens is 3. The van der Waals surface area contributed by atoms with Gasteiger partial charge in [-0.3, -0.25) is 9.59 Å². The minimum atomic E-state index is -0.286. The number of hydrogen-bond acceptors (Lipinski definition) is 5. The molecule has 0 radical (unpaired) electrons. The van der Waals surface area contributed by atoms with E-state index in [2.05, 4.69) is 5.10 Å². The Morgan fingerprint density at radius 3 is 2.71 bits per heavy atom. The summed E-state index contributed by atoms with van der Waals surface area (Å²) in [6.45, 7) is 0.380. The second kappa shape index (κ2) is 8.06. The number of nitrogens with zero attached hydrogens (tertiary/aromatic N) is 4. The average Bonchev–Trinajstić information content (AvgIpc) is 3.12. The number of benzene rings is 1. The van der Waals surface area contributed by atoms with Crippen molar-refractivity contribution in [3.8, 4) is 11.3 Å². The minimum absolute atomic E-state index is 0.0822. The average molecular weight is 395 g/mol. The summed E-state index contributed by atoms with van der Waals surface area (Å²) in [5, 5.41) is 5.33. The lowest BCUT2D eigenvalue weighted by Crippen LogP contribution is -2.34. The quantitative estimate of drug-likeness (QED) is 0.667. The van der Waals surface area contributed by atoms with Crippen molar-refractivity contribution >= 4 is 17.2 Å². The summed E-state index contributed by atoms with van der Waals surface area (Å²) in [7, 11) is 1.74. The molecule has 0 atom stereocenters. The molecule has 2 aromatic heterocycles. The molecule has 1 aromatic carbocycles. The van der Waals surface area contributed by atoms with Crippen molar-refractivity contribution in [2.45, 2.75) is 38.8 Å². The fourth-order valence-corrected chi connectivity index (χ4v) is 4.55. The van der Waals surface area contributed by atoms with Crippen molar-refractivity contribution < 1.29 is 4.79 Å². The van der Waals surface area contributed by atoms with E-state index in [1.807, 2.05) is 30.3 Å². The van der Waals surface area contributed by atoms with E-state index >= 15 is 0 Å². The second-order valence-electron chi connectivity index (χ2n) is 7.01. The van der Waals surface area contributed by atoms with E-state index in [1.54, 1.807) is 29.4 Å².